The van der Waals surface area contributed by atoms with Gasteiger partial charge in [-0.1, -0.05) is 0 Å². The molecular formula is C11H15NO4. The molecule has 0 amide bonds. The van der Waals surface area contributed by atoms with Gasteiger partial charge in [-0.2, -0.15) is 0 Å². The molecule has 5 heteroatoms. The lowest BCUT2D eigenvalue weighted by atomic mass is 10.1. The second kappa shape index (κ2) is 5.14. The minimum absolute atomic E-state index is 0.236. The fraction of sp³-hybridized carbons (Fsp3) is 0.545. The fourth-order valence-electron chi connectivity index (χ4n) is 1.81. The van der Waals surface area contributed by atoms with Crippen LogP contribution in [0.1, 0.15) is 29.0 Å². The Balaban J connectivity index is 1.88. The summed E-state index contributed by atoms with van der Waals surface area (Å²) in [6.45, 7) is 1.99. The molecule has 1 saturated heterocycles. The molecule has 1 aromatic heterocycles. The molecule has 1 fully saturated rings. The van der Waals surface area contributed by atoms with Crippen LogP contribution < -0.4 is 5.32 Å². The summed E-state index contributed by atoms with van der Waals surface area (Å²) in [7, 11) is 0. The van der Waals surface area contributed by atoms with Crippen molar-refractivity contribution in [3.63, 3.8) is 0 Å². The summed E-state index contributed by atoms with van der Waals surface area (Å²) in [4.78, 5) is 10.8. The van der Waals surface area contributed by atoms with Crippen LogP contribution in [0.4, 0.5) is 0 Å². The van der Waals surface area contributed by atoms with E-state index >= 15 is 0 Å². The van der Waals surface area contributed by atoms with Crippen molar-refractivity contribution in [1.29, 1.82) is 0 Å². The second-order valence-corrected chi connectivity index (χ2v) is 3.83. The van der Waals surface area contributed by atoms with E-state index in [1.54, 1.807) is 0 Å². The first-order valence-corrected chi connectivity index (χ1v) is 5.38. The van der Waals surface area contributed by atoms with E-state index in [1.165, 1.54) is 12.3 Å². The molecule has 5 nitrogen and oxygen atoms in total. The maximum Gasteiger partial charge on any atom is 0.339 e. The average molecular weight is 225 g/mol. The van der Waals surface area contributed by atoms with Crippen LogP contribution in [0.2, 0.25) is 0 Å². The molecule has 2 heterocycles. The number of hydrogen-bond donors (Lipinski definition) is 2. The first-order chi connectivity index (χ1) is 7.77. The minimum atomic E-state index is -0.947. The minimum Gasteiger partial charge on any atom is -0.478 e. The maximum atomic E-state index is 10.8. The van der Waals surface area contributed by atoms with Gasteiger partial charge in [0.15, 0.2) is 0 Å². The Kier molecular flexibility index (Phi) is 3.58. The summed E-state index contributed by atoms with van der Waals surface area (Å²) in [6, 6.07) is 1.86. The van der Waals surface area contributed by atoms with Crippen molar-refractivity contribution < 1.29 is 19.1 Å². The summed E-state index contributed by atoms with van der Waals surface area (Å²) >= 11 is 0. The van der Waals surface area contributed by atoms with Crippen LogP contribution in [0.5, 0.6) is 0 Å². The second-order valence-electron chi connectivity index (χ2n) is 3.83. The van der Waals surface area contributed by atoms with E-state index in [1.807, 2.05) is 0 Å². The van der Waals surface area contributed by atoms with E-state index in [9.17, 15) is 4.79 Å². The molecule has 1 aromatic rings. The molecule has 0 aromatic carbocycles. The van der Waals surface area contributed by atoms with E-state index < -0.39 is 5.97 Å². The summed E-state index contributed by atoms with van der Waals surface area (Å²) in [5.41, 5.74) is 0.236. The maximum absolute atomic E-state index is 10.8. The number of furan rings is 1. The van der Waals surface area contributed by atoms with E-state index in [0.717, 1.165) is 26.1 Å². The normalized spacial score (nSPS) is 17.5. The Morgan fingerprint density at radius 1 is 1.50 bits per heavy atom. The zero-order valence-electron chi connectivity index (χ0n) is 8.94. The van der Waals surface area contributed by atoms with Crippen molar-refractivity contribution in [2.24, 2.45) is 0 Å². The van der Waals surface area contributed by atoms with Crippen LogP contribution in [-0.4, -0.2) is 30.3 Å². The molecule has 0 saturated carbocycles. The Bertz CT molecular complexity index is 355. The lowest BCUT2D eigenvalue weighted by Gasteiger charge is -2.22. The smallest absolute Gasteiger partial charge is 0.339 e. The molecule has 0 bridgehead atoms. The zero-order chi connectivity index (χ0) is 11.4. The van der Waals surface area contributed by atoms with Crippen molar-refractivity contribution in [3.8, 4) is 0 Å². The van der Waals surface area contributed by atoms with Gasteiger partial charge in [-0.15, -0.1) is 0 Å². The Labute approximate surface area is 93.4 Å². The van der Waals surface area contributed by atoms with Gasteiger partial charge in [0.25, 0.3) is 0 Å². The molecule has 1 aliphatic heterocycles. The highest BCUT2D eigenvalue weighted by Crippen LogP contribution is 2.12. The number of hydrogen-bond acceptors (Lipinski definition) is 4. The van der Waals surface area contributed by atoms with Gasteiger partial charge in [0, 0.05) is 19.3 Å². The van der Waals surface area contributed by atoms with Gasteiger partial charge in [-0.25, -0.2) is 4.79 Å². The molecule has 1 aliphatic rings. The quantitative estimate of drug-likeness (QED) is 0.806. The van der Waals surface area contributed by atoms with Gasteiger partial charge in [-0.05, 0) is 18.9 Å². The summed E-state index contributed by atoms with van der Waals surface area (Å²) in [6.07, 6.45) is 3.33. The third-order valence-corrected chi connectivity index (χ3v) is 2.75. The first-order valence-electron chi connectivity index (χ1n) is 5.38. The van der Waals surface area contributed by atoms with E-state index in [0.29, 0.717) is 18.3 Å². The molecule has 0 unspecified atom stereocenters. The number of nitrogens with one attached hydrogen (secondary N) is 1. The van der Waals surface area contributed by atoms with Crippen LogP contribution in [0.25, 0.3) is 0 Å². The lowest BCUT2D eigenvalue weighted by Crippen LogP contribution is -2.34. The number of carboxylic acid groups (broad SMARTS) is 1. The van der Waals surface area contributed by atoms with Gasteiger partial charge in [-0.3, -0.25) is 0 Å². The SMILES string of the molecule is O=C(O)c1ccoc1CNC1CCOCC1. The third-order valence-electron chi connectivity index (χ3n) is 2.75. The Hall–Kier alpha value is -1.33. The number of rotatable bonds is 4. The molecule has 0 atom stereocenters. The molecule has 0 aliphatic carbocycles. The van der Waals surface area contributed by atoms with Gasteiger partial charge in [0.2, 0.25) is 0 Å². The van der Waals surface area contributed by atoms with Crippen molar-refractivity contribution in [3.05, 3.63) is 23.7 Å². The van der Waals surface area contributed by atoms with Crippen molar-refractivity contribution in [2.75, 3.05) is 13.2 Å². The van der Waals surface area contributed by atoms with Gasteiger partial charge >= 0.3 is 5.97 Å². The van der Waals surface area contributed by atoms with E-state index in [4.69, 9.17) is 14.3 Å². The number of ether oxygens (including phenoxy) is 1. The Morgan fingerprint density at radius 2 is 2.25 bits per heavy atom. The van der Waals surface area contributed by atoms with Gasteiger partial charge in [0.1, 0.15) is 11.3 Å². The predicted octanol–water partition coefficient (Wildman–Crippen LogP) is 1.25. The van der Waals surface area contributed by atoms with Crippen LogP contribution >= 0.6 is 0 Å². The van der Waals surface area contributed by atoms with E-state index in [-0.39, 0.29) is 5.56 Å². The molecular weight excluding hydrogens is 210 g/mol. The highest BCUT2D eigenvalue weighted by molar-refractivity contribution is 5.88. The highest BCUT2D eigenvalue weighted by Gasteiger charge is 2.16. The molecule has 0 radical (unpaired) electrons. The van der Waals surface area contributed by atoms with Crippen LogP contribution in [0.15, 0.2) is 16.7 Å². The van der Waals surface area contributed by atoms with Crippen LogP contribution in [0, 0.1) is 0 Å². The summed E-state index contributed by atoms with van der Waals surface area (Å²) in [5, 5.41) is 12.2. The monoisotopic (exact) mass is 225 g/mol. The average Bonchev–Trinajstić information content (AvgIpc) is 2.76. The first kappa shape index (κ1) is 11.2. The van der Waals surface area contributed by atoms with Gasteiger partial charge in [0.05, 0.1) is 12.8 Å². The van der Waals surface area contributed by atoms with Crippen LogP contribution in [-0.2, 0) is 11.3 Å². The number of carbonyl (C=O) groups is 1. The zero-order valence-corrected chi connectivity index (χ0v) is 8.94. The van der Waals surface area contributed by atoms with Crippen LogP contribution in [0.3, 0.4) is 0 Å². The molecule has 88 valence electrons. The highest BCUT2D eigenvalue weighted by atomic mass is 16.5. The topological polar surface area (TPSA) is 71.7 Å². The van der Waals surface area contributed by atoms with Crippen molar-refractivity contribution >= 4 is 5.97 Å². The predicted molar refractivity (Wildman–Crippen MR) is 56.3 cm³/mol. The molecule has 16 heavy (non-hydrogen) atoms. The van der Waals surface area contributed by atoms with Crippen molar-refractivity contribution in [2.45, 2.75) is 25.4 Å². The fourth-order valence-corrected chi connectivity index (χ4v) is 1.81. The Morgan fingerprint density at radius 3 is 2.94 bits per heavy atom. The van der Waals surface area contributed by atoms with Gasteiger partial charge < -0.3 is 19.6 Å². The lowest BCUT2D eigenvalue weighted by molar-refractivity contribution is 0.0690. The molecule has 2 N–H and O–H groups in total. The molecule has 0 spiro atoms. The van der Waals surface area contributed by atoms with Crippen molar-refractivity contribution in [1.82, 2.24) is 5.32 Å². The standard InChI is InChI=1S/C11H15NO4/c13-11(14)9-3-6-16-10(9)7-12-8-1-4-15-5-2-8/h3,6,8,12H,1-2,4-5,7H2,(H,13,14). The largest absolute Gasteiger partial charge is 0.478 e. The van der Waals surface area contributed by atoms with E-state index in [2.05, 4.69) is 5.32 Å². The number of carboxylic acids is 1. The third kappa shape index (κ3) is 2.62. The molecule has 2 rings (SSSR count). The number of aromatic carboxylic acids is 1. The summed E-state index contributed by atoms with van der Waals surface area (Å²) < 4.78 is 10.4. The summed E-state index contributed by atoms with van der Waals surface area (Å²) in [5.74, 6) is -0.462.